The molecule has 0 fully saturated rings. The Morgan fingerprint density at radius 2 is 0.239 bits per heavy atom. The molecule has 0 spiro atoms. The Bertz CT molecular complexity index is 456. The van der Waals surface area contributed by atoms with E-state index in [1.165, 1.54) is 0 Å². The minimum Gasteiger partial charge on any atom is -0.321 e. The maximum atomic E-state index is 2.63. The maximum Gasteiger partial charge on any atom is 3.00 e. The molecule has 46 heavy (non-hydrogen) atoms. The van der Waals surface area contributed by atoms with Crippen molar-refractivity contribution in [2.45, 2.75) is 166 Å². The van der Waals surface area contributed by atoms with Gasteiger partial charge < -0.3 is 19.3 Å². The van der Waals surface area contributed by atoms with Gasteiger partial charge in [0.1, 0.15) is 0 Å². The van der Waals surface area contributed by atoms with Crippen molar-refractivity contribution in [3.05, 3.63) is 19.3 Å². The Hall–Kier alpha value is 0.532. The van der Waals surface area contributed by atoms with Gasteiger partial charge in [0.05, 0.1) is 0 Å². The standard InChI is InChI=1S/3C15H31.Cr/c3*1-10(2)14(11(3)4)9-15(12(5)6)13(7)8;/h3*9-15H,1-8H3;/q3*-1;+3. The van der Waals surface area contributed by atoms with E-state index >= 15 is 0 Å². The quantitative estimate of drug-likeness (QED) is 0.126. The summed E-state index contributed by atoms with van der Waals surface area (Å²) in [6.07, 6.45) is 7.89. The van der Waals surface area contributed by atoms with E-state index in [1.807, 2.05) is 0 Å². The van der Waals surface area contributed by atoms with E-state index in [4.69, 9.17) is 0 Å². The molecule has 0 aromatic heterocycles. The molecule has 0 aliphatic heterocycles. The minimum absolute atomic E-state index is 0. The molecule has 0 heterocycles. The number of hydrogen-bond donors (Lipinski definition) is 0. The first-order valence-corrected chi connectivity index (χ1v) is 19.9. The van der Waals surface area contributed by atoms with Crippen LogP contribution in [0.2, 0.25) is 0 Å². The van der Waals surface area contributed by atoms with E-state index in [9.17, 15) is 0 Å². The molecule has 279 valence electrons. The van der Waals surface area contributed by atoms with Gasteiger partial charge in [0.25, 0.3) is 0 Å². The second-order valence-electron chi connectivity index (χ2n) is 19.0. The summed E-state index contributed by atoms with van der Waals surface area (Å²) < 4.78 is 0. The van der Waals surface area contributed by atoms with Gasteiger partial charge in [-0.2, -0.15) is 35.5 Å². The average molecular weight is 686 g/mol. The topological polar surface area (TPSA) is 0 Å². The Labute approximate surface area is 308 Å². The first-order chi connectivity index (χ1) is 20.3. The van der Waals surface area contributed by atoms with Gasteiger partial charge in [-0.05, 0) is 0 Å². The third-order valence-corrected chi connectivity index (χ3v) is 10.6. The Morgan fingerprint density at radius 3 is 0.283 bits per heavy atom. The molecule has 0 saturated carbocycles. The summed E-state index contributed by atoms with van der Waals surface area (Å²) in [5.74, 6) is 13.8. The van der Waals surface area contributed by atoms with Crippen LogP contribution < -0.4 is 0 Å². The average Bonchev–Trinajstić information content (AvgIpc) is 2.82. The zero-order valence-electron chi connectivity index (χ0n) is 36.5. The van der Waals surface area contributed by atoms with Crippen molar-refractivity contribution in [2.24, 2.45) is 107 Å². The molecular formula is C45H93Cr. The van der Waals surface area contributed by atoms with Crippen LogP contribution in [0.1, 0.15) is 166 Å². The van der Waals surface area contributed by atoms with Crippen molar-refractivity contribution < 1.29 is 17.4 Å². The molecular weight excluding hydrogens is 592 g/mol. The summed E-state index contributed by atoms with van der Waals surface area (Å²) in [6.45, 7) is 56.3. The van der Waals surface area contributed by atoms with Gasteiger partial charge in [-0.1, -0.05) is 237 Å². The van der Waals surface area contributed by atoms with Gasteiger partial charge in [-0.15, -0.1) is 0 Å². The van der Waals surface area contributed by atoms with Gasteiger partial charge >= 0.3 is 17.4 Å². The minimum atomic E-state index is 0. The second-order valence-corrected chi connectivity index (χ2v) is 19.0. The fourth-order valence-electron chi connectivity index (χ4n) is 8.06. The SMILES string of the molecule is CC(C)C([CH-]C(C(C)C)C(C)C)C(C)C.CC(C)C([CH-]C(C(C)C)C(C)C)C(C)C.CC(C)C([CH-]C(C(C)C)C(C)C)C(C)C.[Cr+3]. The van der Waals surface area contributed by atoms with Crippen LogP contribution in [-0.4, -0.2) is 0 Å². The Morgan fingerprint density at radius 1 is 0.174 bits per heavy atom. The van der Waals surface area contributed by atoms with Gasteiger partial charge in [0.15, 0.2) is 0 Å². The van der Waals surface area contributed by atoms with Crippen molar-refractivity contribution in [2.75, 3.05) is 0 Å². The van der Waals surface area contributed by atoms with Gasteiger partial charge in [-0.25, -0.2) is 0 Å². The molecule has 0 aromatic rings. The molecule has 0 unspecified atom stereocenters. The van der Waals surface area contributed by atoms with E-state index in [2.05, 4.69) is 185 Å². The summed E-state index contributed by atoms with van der Waals surface area (Å²) in [7, 11) is 0. The van der Waals surface area contributed by atoms with Crippen LogP contribution >= 0.6 is 0 Å². The van der Waals surface area contributed by atoms with E-state index in [-0.39, 0.29) is 17.4 Å². The normalized spacial score (nSPS) is 12.9. The molecule has 0 N–H and O–H groups in total. The van der Waals surface area contributed by atoms with Crippen LogP contribution in [0.25, 0.3) is 0 Å². The van der Waals surface area contributed by atoms with Crippen LogP contribution in [0, 0.1) is 126 Å². The molecule has 0 aliphatic rings. The van der Waals surface area contributed by atoms with E-state index in [1.54, 1.807) is 0 Å². The van der Waals surface area contributed by atoms with Crippen molar-refractivity contribution in [1.29, 1.82) is 0 Å². The Kier molecular flexibility index (Phi) is 31.6. The zero-order chi connectivity index (χ0) is 36.5. The predicted octanol–water partition coefficient (Wildman–Crippen LogP) is 15.1. The Balaban J connectivity index is -0.000000285. The van der Waals surface area contributed by atoms with E-state index in [0.717, 1.165) is 107 Å². The third kappa shape index (κ3) is 23.0. The van der Waals surface area contributed by atoms with Crippen molar-refractivity contribution >= 4 is 0 Å². The van der Waals surface area contributed by atoms with Gasteiger partial charge in [0.2, 0.25) is 0 Å². The first kappa shape index (κ1) is 53.3. The van der Waals surface area contributed by atoms with Crippen molar-refractivity contribution in [1.82, 2.24) is 0 Å². The van der Waals surface area contributed by atoms with Crippen molar-refractivity contribution in [3.63, 3.8) is 0 Å². The van der Waals surface area contributed by atoms with E-state index in [0.29, 0.717) is 0 Å². The molecule has 0 amide bonds. The van der Waals surface area contributed by atoms with Crippen LogP contribution in [-0.2, 0) is 17.4 Å². The van der Waals surface area contributed by atoms with E-state index < -0.39 is 0 Å². The molecule has 0 atom stereocenters. The second kappa shape index (κ2) is 27.3. The summed E-state index contributed by atoms with van der Waals surface area (Å²) >= 11 is 0. The predicted molar refractivity (Wildman–Crippen MR) is 212 cm³/mol. The smallest absolute Gasteiger partial charge is 0.321 e. The van der Waals surface area contributed by atoms with Crippen LogP contribution in [0.5, 0.6) is 0 Å². The molecule has 0 aliphatic carbocycles. The number of hydrogen-bond acceptors (Lipinski definition) is 0. The third-order valence-electron chi connectivity index (χ3n) is 10.6. The first-order valence-electron chi connectivity index (χ1n) is 19.9. The zero-order valence-corrected chi connectivity index (χ0v) is 37.8. The fourth-order valence-corrected chi connectivity index (χ4v) is 8.06. The van der Waals surface area contributed by atoms with Gasteiger partial charge in [-0.3, -0.25) is 0 Å². The number of rotatable bonds is 18. The largest absolute Gasteiger partial charge is 3.00 e. The summed E-state index contributed by atoms with van der Waals surface area (Å²) in [5, 5.41) is 0. The summed E-state index contributed by atoms with van der Waals surface area (Å²) in [5.41, 5.74) is 0. The molecule has 1 radical (unpaired) electrons. The van der Waals surface area contributed by atoms with Crippen LogP contribution in [0.3, 0.4) is 0 Å². The maximum absolute atomic E-state index is 2.63. The summed E-state index contributed by atoms with van der Waals surface area (Å²) in [4.78, 5) is 0. The monoisotopic (exact) mass is 686 g/mol. The molecule has 0 nitrogen and oxygen atoms in total. The van der Waals surface area contributed by atoms with Crippen molar-refractivity contribution in [3.8, 4) is 0 Å². The fraction of sp³-hybridized carbons (Fsp3) is 0.933. The van der Waals surface area contributed by atoms with Crippen LogP contribution in [0.4, 0.5) is 0 Å². The molecule has 0 bridgehead atoms. The molecule has 0 aromatic carbocycles. The summed E-state index contributed by atoms with van der Waals surface area (Å²) in [6, 6.07) is 0. The van der Waals surface area contributed by atoms with Gasteiger partial charge in [0, 0.05) is 0 Å². The van der Waals surface area contributed by atoms with Crippen LogP contribution in [0.15, 0.2) is 0 Å². The molecule has 1 heteroatoms. The molecule has 0 saturated heterocycles. The molecule has 0 rings (SSSR count).